The Morgan fingerprint density at radius 1 is 1.47 bits per heavy atom. The maximum Gasteiger partial charge on any atom is 0.356 e. The van der Waals surface area contributed by atoms with Crippen molar-refractivity contribution in [2.45, 2.75) is 13.5 Å². The Balaban J connectivity index is 2.22. The largest absolute Gasteiger partial charge is 0.461 e. The Labute approximate surface area is 107 Å². The van der Waals surface area contributed by atoms with Gasteiger partial charge in [-0.25, -0.2) is 13.9 Å². The number of nitrogens with zero attached hydrogens (tertiary/aromatic N) is 2. The van der Waals surface area contributed by atoms with Crippen molar-refractivity contribution in [2.24, 2.45) is 0 Å². The first-order valence-corrected chi connectivity index (χ1v) is 5.66. The summed E-state index contributed by atoms with van der Waals surface area (Å²) < 4.78 is 18.9. The van der Waals surface area contributed by atoms with E-state index in [0.29, 0.717) is 5.56 Å². The second kappa shape index (κ2) is 5.47. The molecule has 2 rings (SSSR count). The number of aromatic amines is 1. The highest BCUT2D eigenvalue weighted by Gasteiger charge is 2.12. The van der Waals surface area contributed by atoms with Gasteiger partial charge in [0.1, 0.15) is 11.5 Å². The fourth-order valence-electron chi connectivity index (χ4n) is 1.59. The van der Waals surface area contributed by atoms with Crippen LogP contribution in [-0.2, 0) is 11.3 Å². The third kappa shape index (κ3) is 3.06. The number of nitrogens with one attached hydrogen (secondary N) is 1. The van der Waals surface area contributed by atoms with Gasteiger partial charge in [0, 0.05) is 12.3 Å². The minimum Gasteiger partial charge on any atom is -0.461 e. The molecule has 0 aliphatic carbocycles. The molecule has 2 aromatic heterocycles. The van der Waals surface area contributed by atoms with Crippen molar-refractivity contribution in [1.82, 2.24) is 14.8 Å². The molecular weight excluding hydrogens is 253 g/mol. The van der Waals surface area contributed by atoms with Crippen molar-refractivity contribution in [3.05, 3.63) is 52.0 Å². The summed E-state index contributed by atoms with van der Waals surface area (Å²) in [7, 11) is 0. The van der Waals surface area contributed by atoms with Gasteiger partial charge in [-0.3, -0.25) is 14.9 Å². The highest BCUT2D eigenvalue weighted by Crippen LogP contribution is 2.03. The number of halogens is 1. The van der Waals surface area contributed by atoms with Crippen LogP contribution in [0.4, 0.5) is 4.39 Å². The average Bonchev–Trinajstić information content (AvgIpc) is 2.71. The van der Waals surface area contributed by atoms with Crippen LogP contribution in [0.2, 0.25) is 0 Å². The average molecular weight is 265 g/mol. The molecule has 0 bridgehead atoms. The second-order valence-corrected chi connectivity index (χ2v) is 3.83. The lowest BCUT2D eigenvalue weighted by Gasteiger charge is -2.02. The minimum atomic E-state index is -0.601. The van der Waals surface area contributed by atoms with Gasteiger partial charge >= 0.3 is 5.97 Å². The normalized spacial score (nSPS) is 10.4. The van der Waals surface area contributed by atoms with Gasteiger partial charge in [-0.1, -0.05) is 0 Å². The molecule has 6 nitrogen and oxygen atoms in total. The lowest BCUT2D eigenvalue weighted by molar-refractivity contribution is 0.0518. The molecule has 2 heterocycles. The van der Waals surface area contributed by atoms with Gasteiger partial charge in [0.25, 0.3) is 5.56 Å². The molecular formula is C12H12FN3O3. The number of hydrogen-bond acceptors (Lipinski definition) is 4. The number of pyridine rings is 1. The summed E-state index contributed by atoms with van der Waals surface area (Å²) in [6.07, 6.45) is 2.52. The zero-order chi connectivity index (χ0) is 13.8. The number of aromatic nitrogens is 3. The van der Waals surface area contributed by atoms with E-state index < -0.39 is 17.3 Å². The minimum absolute atomic E-state index is 0.0659. The first kappa shape index (κ1) is 13.0. The SMILES string of the molecule is CCOC(=O)c1cc(=O)n(Cc2cncc(F)c2)[nH]1. The van der Waals surface area contributed by atoms with Crippen LogP contribution in [0.3, 0.4) is 0 Å². The van der Waals surface area contributed by atoms with Gasteiger partial charge in [0.2, 0.25) is 0 Å². The molecule has 0 aliphatic heterocycles. The van der Waals surface area contributed by atoms with E-state index in [1.54, 1.807) is 6.92 Å². The van der Waals surface area contributed by atoms with Crippen LogP contribution in [0, 0.1) is 5.82 Å². The molecule has 0 atom stereocenters. The predicted molar refractivity (Wildman–Crippen MR) is 64.3 cm³/mol. The number of rotatable bonds is 4. The highest BCUT2D eigenvalue weighted by atomic mass is 19.1. The van der Waals surface area contributed by atoms with Crippen molar-refractivity contribution < 1.29 is 13.9 Å². The lowest BCUT2D eigenvalue weighted by Crippen LogP contribution is -2.16. The van der Waals surface area contributed by atoms with E-state index in [1.165, 1.54) is 16.9 Å². The summed E-state index contributed by atoms with van der Waals surface area (Å²) in [6, 6.07) is 2.41. The van der Waals surface area contributed by atoms with Crippen molar-refractivity contribution in [1.29, 1.82) is 0 Å². The number of ether oxygens (including phenoxy) is 1. The molecule has 0 radical (unpaired) electrons. The maximum atomic E-state index is 13.0. The molecule has 0 aliphatic rings. The van der Waals surface area contributed by atoms with Crippen molar-refractivity contribution in [3.8, 4) is 0 Å². The first-order valence-electron chi connectivity index (χ1n) is 5.66. The third-order valence-corrected chi connectivity index (χ3v) is 2.39. The number of esters is 1. The molecule has 0 spiro atoms. The number of carbonyl (C=O) groups is 1. The fraction of sp³-hybridized carbons (Fsp3) is 0.250. The van der Waals surface area contributed by atoms with Crippen molar-refractivity contribution in [3.63, 3.8) is 0 Å². The monoisotopic (exact) mass is 265 g/mol. The Bertz CT molecular complexity index is 648. The number of hydrogen-bond donors (Lipinski definition) is 1. The summed E-state index contributed by atoms with van der Waals surface area (Å²) >= 11 is 0. The first-order chi connectivity index (χ1) is 9.10. The van der Waals surface area contributed by atoms with Gasteiger partial charge in [0.05, 0.1) is 19.3 Å². The van der Waals surface area contributed by atoms with E-state index in [1.807, 2.05) is 0 Å². The zero-order valence-corrected chi connectivity index (χ0v) is 10.2. The predicted octanol–water partition coefficient (Wildman–Crippen LogP) is 0.935. The summed E-state index contributed by atoms with van der Waals surface area (Å²) in [5, 5.41) is 2.61. The smallest absolute Gasteiger partial charge is 0.356 e. The quantitative estimate of drug-likeness (QED) is 0.834. The molecule has 0 amide bonds. The molecule has 19 heavy (non-hydrogen) atoms. The standard InChI is InChI=1S/C12H12FN3O3/c1-2-19-12(18)10-4-11(17)16(15-10)7-8-3-9(13)6-14-5-8/h3-6,15H,2,7H2,1H3. The van der Waals surface area contributed by atoms with E-state index in [0.717, 1.165) is 12.3 Å². The van der Waals surface area contributed by atoms with Crippen LogP contribution in [0.15, 0.2) is 29.3 Å². The van der Waals surface area contributed by atoms with Crippen LogP contribution >= 0.6 is 0 Å². The fourth-order valence-corrected chi connectivity index (χ4v) is 1.59. The lowest BCUT2D eigenvalue weighted by atomic mass is 10.3. The van der Waals surface area contributed by atoms with Crippen LogP contribution < -0.4 is 5.56 Å². The summed E-state index contributed by atoms with van der Waals surface area (Å²) in [5.74, 6) is -1.08. The van der Waals surface area contributed by atoms with Crippen molar-refractivity contribution in [2.75, 3.05) is 6.61 Å². The van der Waals surface area contributed by atoms with Gasteiger partial charge in [-0.2, -0.15) is 0 Å². The summed E-state index contributed by atoms with van der Waals surface area (Å²) in [5.41, 5.74) is 0.183. The molecule has 0 aromatic carbocycles. The van der Waals surface area contributed by atoms with Crippen molar-refractivity contribution >= 4 is 5.97 Å². The molecule has 0 fully saturated rings. The summed E-state index contributed by atoms with van der Waals surface area (Å²) in [6.45, 7) is 1.99. The van der Waals surface area contributed by atoms with Crippen LogP contribution in [0.5, 0.6) is 0 Å². The van der Waals surface area contributed by atoms with Gasteiger partial charge in [-0.05, 0) is 18.6 Å². The van der Waals surface area contributed by atoms with E-state index in [2.05, 4.69) is 10.1 Å². The molecule has 100 valence electrons. The third-order valence-electron chi connectivity index (χ3n) is 2.39. The molecule has 2 aromatic rings. The maximum absolute atomic E-state index is 13.0. The Morgan fingerprint density at radius 3 is 2.95 bits per heavy atom. The van der Waals surface area contributed by atoms with E-state index >= 15 is 0 Å². The van der Waals surface area contributed by atoms with Gasteiger partial charge in [-0.15, -0.1) is 0 Å². The topological polar surface area (TPSA) is 77.0 Å². The highest BCUT2D eigenvalue weighted by molar-refractivity contribution is 5.86. The molecule has 0 saturated carbocycles. The second-order valence-electron chi connectivity index (χ2n) is 3.83. The Hall–Kier alpha value is -2.44. The molecule has 0 unspecified atom stereocenters. The Kier molecular flexibility index (Phi) is 3.74. The van der Waals surface area contributed by atoms with E-state index in [4.69, 9.17) is 4.74 Å². The number of H-pyrrole nitrogens is 1. The van der Waals surface area contributed by atoms with E-state index in [9.17, 15) is 14.0 Å². The van der Waals surface area contributed by atoms with Crippen LogP contribution in [-0.4, -0.2) is 27.3 Å². The van der Waals surface area contributed by atoms with Crippen LogP contribution in [0.1, 0.15) is 23.0 Å². The molecule has 7 heteroatoms. The molecule has 1 N–H and O–H groups in total. The van der Waals surface area contributed by atoms with Crippen LogP contribution in [0.25, 0.3) is 0 Å². The Morgan fingerprint density at radius 2 is 2.26 bits per heavy atom. The van der Waals surface area contributed by atoms with Gasteiger partial charge < -0.3 is 4.74 Å². The van der Waals surface area contributed by atoms with E-state index in [-0.39, 0.29) is 18.8 Å². The zero-order valence-electron chi connectivity index (χ0n) is 10.2. The molecule has 0 saturated heterocycles. The summed E-state index contributed by atoms with van der Waals surface area (Å²) in [4.78, 5) is 26.8. The van der Waals surface area contributed by atoms with Gasteiger partial charge in [0.15, 0.2) is 0 Å². The number of carbonyl (C=O) groups excluding carboxylic acids is 1.